The summed E-state index contributed by atoms with van der Waals surface area (Å²) in [6.07, 6.45) is 16.1. The van der Waals surface area contributed by atoms with Crippen molar-refractivity contribution >= 4 is 34.8 Å². The van der Waals surface area contributed by atoms with Crippen LogP contribution in [-0.4, -0.2) is 5.91 Å². The molecule has 2 nitrogen and oxygen atoms in total. The highest BCUT2D eigenvalue weighted by Gasteiger charge is 2.20. The summed E-state index contributed by atoms with van der Waals surface area (Å²) in [6.45, 7) is 2.26. The zero-order valence-electron chi connectivity index (χ0n) is 14.8. The van der Waals surface area contributed by atoms with E-state index in [1.807, 2.05) is 0 Å². The standard InChI is InChI=1S/C21H27Cl2NO/c1-16-10-8-6-4-2-3-5-7-9-11-17(16)14-21(25)24-18-12-13-19(22)20(23)15-18/h4-7,12-13,15-17H,2-3,8-11,14H2,1H3,(H,24,25). The summed E-state index contributed by atoms with van der Waals surface area (Å²) < 4.78 is 0. The van der Waals surface area contributed by atoms with Gasteiger partial charge in [0.1, 0.15) is 0 Å². The molecule has 0 fully saturated rings. The second kappa shape index (κ2) is 10.7. The first-order chi connectivity index (χ1) is 12.1. The Labute approximate surface area is 161 Å². The number of halogens is 2. The summed E-state index contributed by atoms with van der Waals surface area (Å²) in [4.78, 5) is 12.5. The molecule has 1 amide bonds. The number of benzene rings is 1. The van der Waals surface area contributed by atoms with Crippen molar-refractivity contribution in [2.75, 3.05) is 5.32 Å². The van der Waals surface area contributed by atoms with Crippen molar-refractivity contribution in [1.29, 1.82) is 0 Å². The zero-order valence-corrected chi connectivity index (χ0v) is 16.3. The number of hydrogen-bond acceptors (Lipinski definition) is 1. The van der Waals surface area contributed by atoms with Gasteiger partial charge >= 0.3 is 0 Å². The highest BCUT2D eigenvalue weighted by Crippen LogP contribution is 2.28. The predicted molar refractivity (Wildman–Crippen MR) is 108 cm³/mol. The zero-order chi connectivity index (χ0) is 18.1. The van der Waals surface area contributed by atoms with Gasteiger partial charge in [-0.3, -0.25) is 4.79 Å². The molecule has 25 heavy (non-hydrogen) atoms. The van der Waals surface area contributed by atoms with Gasteiger partial charge in [0.25, 0.3) is 0 Å². The Bertz CT molecular complexity index is 624. The van der Waals surface area contributed by atoms with Crippen LogP contribution in [-0.2, 0) is 4.79 Å². The van der Waals surface area contributed by atoms with Crippen LogP contribution in [0.3, 0.4) is 0 Å². The topological polar surface area (TPSA) is 29.1 Å². The average molecular weight is 380 g/mol. The molecule has 2 atom stereocenters. The SMILES string of the molecule is CC1CCC=CCCC=CCCC1CC(=O)Nc1ccc(Cl)c(Cl)c1. The van der Waals surface area contributed by atoms with Gasteiger partial charge in [0.2, 0.25) is 5.91 Å². The van der Waals surface area contributed by atoms with Crippen molar-refractivity contribution in [2.45, 2.75) is 51.9 Å². The molecule has 1 aliphatic rings. The van der Waals surface area contributed by atoms with Crippen LogP contribution in [0.2, 0.25) is 10.0 Å². The summed E-state index contributed by atoms with van der Waals surface area (Å²) in [7, 11) is 0. The predicted octanol–water partition coefficient (Wildman–Crippen LogP) is 7.04. The van der Waals surface area contributed by atoms with Crippen molar-refractivity contribution in [3.05, 3.63) is 52.5 Å². The van der Waals surface area contributed by atoms with Gasteiger partial charge in [0.15, 0.2) is 0 Å². The molecule has 0 aromatic heterocycles. The van der Waals surface area contributed by atoms with E-state index in [2.05, 4.69) is 36.5 Å². The first kappa shape index (κ1) is 20.1. The number of carbonyl (C=O) groups is 1. The Morgan fingerprint density at radius 2 is 1.64 bits per heavy atom. The van der Waals surface area contributed by atoms with Crippen LogP contribution in [0.15, 0.2) is 42.5 Å². The summed E-state index contributed by atoms with van der Waals surface area (Å²) in [5.74, 6) is 0.958. The summed E-state index contributed by atoms with van der Waals surface area (Å²) in [5, 5.41) is 3.90. The maximum atomic E-state index is 12.5. The number of carbonyl (C=O) groups excluding carboxylic acids is 1. The van der Waals surface area contributed by atoms with Gasteiger partial charge in [-0.2, -0.15) is 0 Å². The second-order valence-corrected chi connectivity index (χ2v) is 7.61. The highest BCUT2D eigenvalue weighted by atomic mass is 35.5. The highest BCUT2D eigenvalue weighted by molar-refractivity contribution is 6.42. The van der Waals surface area contributed by atoms with E-state index in [0.717, 1.165) is 38.5 Å². The van der Waals surface area contributed by atoms with Crippen LogP contribution in [0.4, 0.5) is 5.69 Å². The lowest BCUT2D eigenvalue weighted by molar-refractivity contribution is -0.117. The van der Waals surface area contributed by atoms with Crippen molar-refractivity contribution < 1.29 is 4.79 Å². The molecule has 4 heteroatoms. The van der Waals surface area contributed by atoms with Crippen LogP contribution < -0.4 is 5.32 Å². The van der Waals surface area contributed by atoms with Gasteiger partial charge < -0.3 is 5.32 Å². The Morgan fingerprint density at radius 1 is 1.00 bits per heavy atom. The number of amides is 1. The van der Waals surface area contributed by atoms with Crippen LogP contribution in [0.1, 0.15) is 51.9 Å². The molecule has 1 aliphatic carbocycles. The number of anilines is 1. The van der Waals surface area contributed by atoms with E-state index >= 15 is 0 Å². The van der Waals surface area contributed by atoms with E-state index in [-0.39, 0.29) is 5.91 Å². The summed E-state index contributed by atoms with van der Waals surface area (Å²) in [6, 6.07) is 5.18. The lowest BCUT2D eigenvalue weighted by atomic mass is 9.83. The molecule has 1 N–H and O–H groups in total. The largest absolute Gasteiger partial charge is 0.326 e. The minimum Gasteiger partial charge on any atom is -0.326 e. The van der Waals surface area contributed by atoms with Gasteiger partial charge in [0.05, 0.1) is 10.0 Å². The number of rotatable bonds is 3. The van der Waals surface area contributed by atoms with Crippen molar-refractivity contribution in [2.24, 2.45) is 11.8 Å². The molecule has 0 aliphatic heterocycles. The molecule has 0 radical (unpaired) electrons. The molecule has 0 spiro atoms. The van der Waals surface area contributed by atoms with Crippen molar-refractivity contribution in [3.8, 4) is 0 Å². The van der Waals surface area contributed by atoms with Gasteiger partial charge in [-0.25, -0.2) is 0 Å². The lowest BCUT2D eigenvalue weighted by Crippen LogP contribution is -2.21. The van der Waals surface area contributed by atoms with Crippen LogP contribution in [0.25, 0.3) is 0 Å². The monoisotopic (exact) mass is 379 g/mol. The van der Waals surface area contributed by atoms with Gasteiger partial charge in [-0.1, -0.05) is 54.4 Å². The van der Waals surface area contributed by atoms with Gasteiger partial charge in [-0.05, 0) is 68.6 Å². The molecule has 0 heterocycles. The molecule has 2 rings (SSSR count). The maximum absolute atomic E-state index is 12.5. The Balaban J connectivity index is 1.95. The fourth-order valence-electron chi connectivity index (χ4n) is 3.18. The average Bonchev–Trinajstić information content (AvgIpc) is 2.57. The normalized spacial score (nSPS) is 22.0. The lowest BCUT2D eigenvalue weighted by Gasteiger charge is -2.23. The van der Waals surface area contributed by atoms with Crippen LogP contribution in [0, 0.1) is 11.8 Å². The third-order valence-corrected chi connectivity index (χ3v) is 5.52. The van der Waals surface area contributed by atoms with E-state index in [1.165, 1.54) is 0 Å². The number of nitrogens with one attached hydrogen (secondary N) is 1. The molecular formula is C21H27Cl2NO. The van der Waals surface area contributed by atoms with Crippen LogP contribution >= 0.6 is 23.2 Å². The molecular weight excluding hydrogens is 353 g/mol. The third kappa shape index (κ3) is 7.25. The second-order valence-electron chi connectivity index (χ2n) is 6.79. The molecule has 1 aromatic carbocycles. The van der Waals surface area contributed by atoms with E-state index < -0.39 is 0 Å². The summed E-state index contributed by atoms with van der Waals surface area (Å²) >= 11 is 11.9. The fraction of sp³-hybridized carbons (Fsp3) is 0.476. The van der Waals surface area contributed by atoms with E-state index in [4.69, 9.17) is 23.2 Å². The molecule has 1 aromatic rings. The third-order valence-electron chi connectivity index (χ3n) is 4.78. The Morgan fingerprint density at radius 3 is 2.32 bits per heavy atom. The quantitative estimate of drug-likeness (QED) is 0.560. The number of hydrogen-bond donors (Lipinski definition) is 1. The first-order valence-corrected chi connectivity index (χ1v) is 9.86. The summed E-state index contributed by atoms with van der Waals surface area (Å²) in [5.41, 5.74) is 0.697. The molecule has 0 saturated heterocycles. The molecule has 0 saturated carbocycles. The van der Waals surface area contributed by atoms with E-state index in [0.29, 0.717) is 34.0 Å². The van der Waals surface area contributed by atoms with E-state index in [1.54, 1.807) is 18.2 Å². The first-order valence-electron chi connectivity index (χ1n) is 9.11. The minimum atomic E-state index is 0.0434. The van der Waals surface area contributed by atoms with Crippen molar-refractivity contribution in [3.63, 3.8) is 0 Å². The van der Waals surface area contributed by atoms with E-state index in [9.17, 15) is 4.79 Å². The fourth-order valence-corrected chi connectivity index (χ4v) is 3.48. The molecule has 136 valence electrons. The van der Waals surface area contributed by atoms with Crippen molar-refractivity contribution in [1.82, 2.24) is 0 Å². The van der Waals surface area contributed by atoms with Crippen LogP contribution in [0.5, 0.6) is 0 Å². The van der Waals surface area contributed by atoms with Gasteiger partial charge in [0, 0.05) is 12.1 Å². The number of allylic oxidation sites excluding steroid dienone is 4. The Hall–Kier alpha value is -1.25. The Kier molecular flexibility index (Phi) is 8.57. The molecule has 0 bridgehead atoms. The maximum Gasteiger partial charge on any atom is 0.224 e. The van der Waals surface area contributed by atoms with Gasteiger partial charge in [-0.15, -0.1) is 0 Å². The smallest absolute Gasteiger partial charge is 0.224 e. The minimum absolute atomic E-state index is 0.0434. The molecule has 2 unspecified atom stereocenters.